The number of nitrogens with one attached hydrogen (secondary N) is 1. The highest BCUT2D eigenvalue weighted by atomic mass is 19.1. The molecule has 1 N–H and O–H groups in total. The van der Waals surface area contributed by atoms with Crippen LogP contribution in [0.2, 0.25) is 0 Å². The summed E-state index contributed by atoms with van der Waals surface area (Å²) in [6.45, 7) is 5.96. The molecule has 0 saturated carbocycles. The zero-order chi connectivity index (χ0) is 19.7. The summed E-state index contributed by atoms with van der Waals surface area (Å²) < 4.78 is 19.3. The van der Waals surface area contributed by atoms with Crippen LogP contribution in [0.25, 0.3) is 10.8 Å². The molecule has 0 radical (unpaired) electrons. The quantitative estimate of drug-likeness (QED) is 0.741. The molecule has 0 bridgehead atoms. The second-order valence-electron chi connectivity index (χ2n) is 6.96. The number of ether oxygens (including phenoxy) is 1. The summed E-state index contributed by atoms with van der Waals surface area (Å²) in [5.41, 5.74) is 2.76. The molecular weight excluding hydrogens is 357 g/mol. The Bertz CT molecular complexity index is 1050. The number of morpholine rings is 1. The van der Waals surface area contributed by atoms with Crippen LogP contribution in [0.5, 0.6) is 0 Å². The van der Waals surface area contributed by atoms with Gasteiger partial charge >= 0.3 is 0 Å². The van der Waals surface area contributed by atoms with Crippen molar-refractivity contribution in [3.63, 3.8) is 0 Å². The van der Waals surface area contributed by atoms with E-state index in [1.807, 2.05) is 31.2 Å². The number of anilines is 2. The van der Waals surface area contributed by atoms with Gasteiger partial charge in [-0.1, -0.05) is 24.3 Å². The van der Waals surface area contributed by atoms with E-state index < -0.39 is 0 Å². The summed E-state index contributed by atoms with van der Waals surface area (Å²) in [5.74, 6) is 0.291. The van der Waals surface area contributed by atoms with Crippen molar-refractivity contribution in [2.75, 3.05) is 31.6 Å². The van der Waals surface area contributed by atoms with Crippen LogP contribution in [0.3, 0.4) is 0 Å². The van der Waals surface area contributed by atoms with E-state index in [0.717, 1.165) is 16.3 Å². The molecule has 0 atom stereocenters. The lowest BCUT2D eigenvalue weighted by Gasteiger charge is -2.27. The molecule has 1 aromatic heterocycles. The first-order valence-corrected chi connectivity index (χ1v) is 9.34. The normalized spacial score (nSPS) is 14.3. The predicted molar refractivity (Wildman–Crippen MR) is 108 cm³/mol. The Kier molecular flexibility index (Phi) is 4.96. The molecule has 1 saturated heterocycles. The molecule has 144 valence electrons. The molecule has 0 spiro atoms. The molecule has 28 heavy (non-hydrogen) atoms. The van der Waals surface area contributed by atoms with Gasteiger partial charge in [0.1, 0.15) is 11.6 Å². The Balaban J connectivity index is 1.79. The van der Waals surface area contributed by atoms with Crippen LogP contribution in [0.1, 0.15) is 21.5 Å². The Hall–Kier alpha value is -2.99. The Morgan fingerprint density at radius 2 is 1.89 bits per heavy atom. The molecule has 1 aliphatic heterocycles. The van der Waals surface area contributed by atoms with Crippen LogP contribution in [0, 0.1) is 19.7 Å². The van der Waals surface area contributed by atoms with E-state index in [4.69, 9.17) is 4.74 Å². The Labute approximate surface area is 163 Å². The molecule has 0 unspecified atom stereocenters. The lowest BCUT2D eigenvalue weighted by Crippen LogP contribution is -2.40. The molecule has 1 amide bonds. The lowest BCUT2D eigenvalue weighted by molar-refractivity contribution is 0.0304. The number of amides is 1. The number of hydrogen-bond acceptors (Lipinski definition) is 4. The topological polar surface area (TPSA) is 54.5 Å². The highest BCUT2D eigenvalue weighted by Crippen LogP contribution is 2.31. The minimum Gasteiger partial charge on any atom is -0.378 e. The van der Waals surface area contributed by atoms with E-state index in [2.05, 4.69) is 10.3 Å². The van der Waals surface area contributed by atoms with Gasteiger partial charge in [-0.25, -0.2) is 9.37 Å². The van der Waals surface area contributed by atoms with Gasteiger partial charge in [-0.05, 0) is 31.5 Å². The van der Waals surface area contributed by atoms with Crippen molar-refractivity contribution in [1.82, 2.24) is 9.88 Å². The standard InChI is InChI=1S/C22H22FN3O2/c1-14-5-3-6-16-20(14)17(22(27)26-9-11-28-12-10-26)13-24-21(16)25-19-8-4-7-18(23)15(19)2/h3-8,13H,9-12H2,1-2H3,(H,24,25). The molecule has 1 aliphatic rings. The fourth-order valence-corrected chi connectivity index (χ4v) is 3.55. The van der Waals surface area contributed by atoms with E-state index in [1.165, 1.54) is 6.07 Å². The number of carbonyl (C=O) groups is 1. The van der Waals surface area contributed by atoms with E-state index >= 15 is 0 Å². The molecular formula is C22H22FN3O2. The van der Waals surface area contributed by atoms with Crippen molar-refractivity contribution in [2.24, 2.45) is 0 Å². The first kappa shape index (κ1) is 18.4. The van der Waals surface area contributed by atoms with Crippen molar-refractivity contribution >= 4 is 28.2 Å². The third kappa shape index (κ3) is 3.31. The minimum absolute atomic E-state index is 0.0383. The van der Waals surface area contributed by atoms with Crippen molar-refractivity contribution in [1.29, 1.82) is 0 Å². The number of aromatic nitrogens is 1. The molecule has 1 fully saturated rings. The highest BCUT2D eigenvalue weighted by molar-refractivity contribution is 6.10. The maximum atomic E-state index is 13.9. The van der Waals surface area contributed by atoms with E-state index in [-0.39, 0.29) is 11.7 Å². The summed E-state index contributed by atoms with van der Waals surface area (Å²) in [6, 6.07) is 10.8. The van der Waals surface area contributed by atoms with Crippen molar-refractivity contribution < 1.29 is 13.9 Å². The number of carbonyl (C=O) groups excluding carboxylic acids is 1. The number of nitrogens with zero attached hydrogens (tertiary/aromatic N) is 2. The summed E-state index contributed by atoms with van der Waals surface area (Å²) >= 11 is 0. The largest absolute Gasteiger partial charge is 0.378 e. The van der Waals surface area contributed by atoms with Gasteiger partial charge in [-0.2, -0.15) is 0 Å². The first-order valence-electron chi connectivity index (χ1n) is 9.34. The Morgan fingerprint density at radius 3 is 2.68 bits per heavy atom. The van der Waals surface area contributed by atoms with Crippen molar-refractivity contribution in [3.05, 3.63) is 65.1 Å². The zero-order valence-corrected chi connectivity index (χ0v) is 16.0. The molecule has 2 aromatic carbocycles. The van der Waals surface area contributed by atoms with Crippen molar-refractivity contribution in [2.45, 2.75) is 13.8 Å². The number of pyridine rings is 1. The average molecular weight is 379 g/mol. The average Bonchev–Trinajstić information content (AvgIpc) is 2.72. The molecule has 2 heterocycles. The number of fused-ring (bicyclic) bond motifs is 1. The van der Waals surface area contributed by atoms with Crippen LogP contribution in [-0.2, 0) is 4.74 Å². The SMILES string of the molecule is Cc1c(F)cccc1Nc1ncc(C(=O)N2CCOCC2)c2c(C)cccc12. The van der Waals surface area contributed by atoms with Crippen LogP contribution in [0.4, 0.5) is 15.9 Å². The third-order valence-corrected chi connectivity index (χ3v) is 5.17. The fourth-order valence-electron chi connectivity index (χ4n) is 3.55. The van der Waals surface area contributed by atoms with Crippen LogP contribution in [-0.4, -0.2) is 42.1 Å². The molecule has 3 aromatic rings. The van der Waals surface area contributed by atoms with Gasteiger partial charge in [0.15, 0.2) is 0 Å². The van der Waals surface area contributed by atoms with Gasteiger partial charge in [0.05, 0.1) is 18.8 Å². The number of rotatable bonds is 3. The van der Waals surface area contributed by atoms with E-state index in [9.17, 15) is 9.18 Å². The third-order valence-electron chi connectivity index (χ3n) is 5.17. The van der Waals surface area contributed by atoms with Gasteiger partial charge < -0.3 is 15.0 Å². The summed E-state index contributed by atoms with van der Waals surface area (Å²) in [5, 5.41) is 4.94. The van der Waals surface area contributed by atoms with Crippen LogP contribution >= 0.6 is 0 Å². The predicted octanol–water partition coefficient (Wildman–Crippen LogP) is 4.21. The summed E-state index contributed by atoms with van der Waals surface area (Å²) in [4.78, 5) is 19.4. The monoisotopic (exact) mass is 379 g/mol. The van der Waals surface area contributed by atoms with E-state index in [1.54, 1.807) is 24.1 Å². The minimum atomic E-state index is -0.274. The van der Waals surface area contributed by atoms with E-state index in [0.29, 0.717) is 48.9 Å². The second-order valence-corrected chi connectivity index (χ2v) is 6.96. The number of hydrogen-bond donors (Lipinski definition) is 1. The van der Waals surface area contributed by atoms with Gasteiger partial charge in [0.25, 0.3) is 5.91 Å². The maximum Gasteiger partial charge on any atom is 0.256 e. The van der Waals surface area contributed by atoms with Crippen LogP contribution in [0.15, 0.2) is 42.6 Å². The number of halogens is 1. The Morgan fingerprint density at radius 1 is 1.14 bits per heavy atom. The molecule has 4 rings (SSSR count). The molecule has 6 heteroatoms. The van der Waals surface area contributed by atoms with Gasteiger partial charge in [0.2, 0.25) is 0 Å². The van der Waals surface area contributed by atoms with Gasteiger partial charge in [0, 0.05) is 41.3 Å². The van der Waals surface area contributed by atoms with Crippen molar-refractivity contribution in [3.8, 4) is 0 Å². The second kappa shape index (κ2) is 7.56. The summed E-state index contributed by atoms with van der Waals surface area (Å²) in [7, 11) is 0. The molecule has 5 nitrogen and oxygen atoms in total. The smallest absolute Gasteiger partial charge is 0.256 e. The van der Waals surface area contributed by atoms with Crippen LogP contribution < -0.4 is 5.32 Å². The highest BCUT2D eigenvalue weighted by Gasteiger charge is 2.22. The first-order chi connectivity index (χ1) is 13.6. The summed E-state index contributed by atoms with van der Waals surface area (Å²) in [6.07, 6.45) is 1.62. The maximum absolute atomic E-state index is 13.9. The molecule has 0 aliphatic carbocycles. The number of benzene rings is 2. The van der Waals surface area contributed by atoms with Gasteiger partial charge in [-0.15, -0.1) is 0 Å². The lowest BCUT2D eigenvalue weighted by atomic mass is 10.0. The van der Waals surface area contributed by atoms with Gasteiger partial charge in [-0.3, -0.25) is 4.79 Å². The number of aryl methyl sites for hydroxylation is 1. The fraction of sp³-hybridized carbons (Fsp3) is 0.273. The zero-order valence-electron chi connectivity index (χ0n) is 16.0.